The number of anilines is 1. The van der Waals surface area contributed by atoms with Crippen molar-refractivity contribution in [2.45, 2.75) is 6.92 Å². The van der Waals surface area contributed by atoms with Crippen molar-refractivity contribution < 1.29 is 14.3 Å². The molecule has 7 nitrogen and oxygen atoms in total. The van der Waals surface area contributed by atoms with E-state index >= 15 is 0 Å². The van der Waals surface area contributed by atoms with Crippen LogP contribution in [0.4, 0.5) is 5.13 Å². The number of amides is 1. The van der Waals surface area contributed by atoms with Crippen molar-refractivity contribution in [3.05, 3.63) is 59.4 Å². The van der Waals surface area contributed by atoms with Gasteiger partial charge in [-0.05, 0) is 25.1 Å². The SMILES string of the molecule is C=CCOC(=O)c1sc(NC(=O)c2cc3ccccn3n2)nc1C. The molecule has 1 amide bonds. The van der Waals surface area contributed by atoms with Crippen LogP contribution in [0.25, 0.3) is 5.52 Å². The topological polar surface area (TPSA) is 85.6 Å². The summed E-state index contributed by atoms with van der Waals surface area (Å²) in [6.45, 7) is 5.30. The molecular formula is C16H14N4O3S. The Morgan fingerprint density at radius 2 is 2.29 bits per heavy atom. The molecule has 3 heterocycles. The zero-order valence-electron chi connectivity index (χ0n) is 12.9. The number of carbonyl (C=O) groups is 2. The fraction of sp³-hybridized carbons (Fsp3) is 0.125. The fourth-order valence-corrected chi connectivity index (χ4v) is 2.90. The van der Waals surface area contributed by atoms with Crippen LogP contribution in [0.3, 0.4) is 0 Å². The van der Waals surface area contributed by atoms with Gasteiger partial charge in [0.1, 0.15) is 11.5 Å². The maximum atomic E-state index is 12.3. The predicted molar refractivity (Wildman–Crippen MR) is 90.5 cm³/mol. The van der Waals surface area contributed by atoms with Gasteiger partial charge in [0.15, 0.2) is 10.8 Å². The number of pyridine rings is 1. The summed E-state index contributed by atoms with van der Waals surface area (Å²) < 4.78 is 6.60. The predicted octanol–water partition coefficient (Wildman–Crippen LogP) is 2.69. The second-order valence-electron chi connectivity index (χ2n) is 4.87. The Morgan fingerprint density at radius 1 is 1.46 bits per heavy atom. The highest BCUT2D eigenvalue weighted by Gasteiger charge is 2.19. The fourth-order valence-electron chi connectivity index (χ4n) is 2.05. The molecule has 3 aromatic heterocycles. The van der Waals surface area contributed by atoms with Crippen LogP contribution >= 0.6 is 11.3 Å². The van der Waals surface area contributed by atoms with E-state index in [2.05, 4.69) is 22.0 Å². The highest BCUT2D eigenvalue weighted by atomic mass is 32.1. The van der Waals surface area contributed by atoms with E-state index in [1.807, 2.05) is 18.2 Å². The van der Waals surface area contributed by atoms with E-state index < -0.39 is 11.9 Å². The van der Waals surface area contributed by atoms with Gasteiger partial charge in [0.05, 0.1) is 11.2 Å². The molecular weight excluding hydrogens is 328 g/mol. The van der Waals surface area contributed by atoms with Crippen LogP contribution in [-0.2, 0) is 4.74 Å². The van der Waals surface area contributed by atoms with Gasteiger partial charge >= 0.3 is 5.97 Å². The lowest BCUT2D eigenvalue weighted by atomic mass is 10.3. The summed E-state index contributed by atoms with van der Waals surface area (Å²) in [7, 11) is 0. The highest BCUT2D eigenvalue weighted by molar-refractivity contribution is 7.17. The molecule has 0 aromatic carbocycles. The first-order valence-electron chi connectivity index (χ1n) is 7.09. The van der Waals surface area contributed by atoms with Crippen molar-refractivity contribution in [2.75, 3.05) is 11.9 Å². The van der Waals surface area contributed by atoms with Crippen LogP contribution < -0.4 is 5.32 Å². The number of nitrogens with zero attached hydrogens (tertiary/aromatic N) is 3. The van der Waals surface area contributed by atoms with Crippen molar-refractivity contribution in [2.24, 2.45) is 0 Å². The van der Waals surface area contributed by atoms with Crippen molar-refractivity contribution >= 4 is 33.9 Å². The normalized spacial score (nSPS) is 10.5. The van der Waals surface area contributed by atoms with Gasteiger partial charge < -0.3 is 4.74 Å². The average Bonchev–Trinajstić information content (AvgIpc) is 3.16. The Balaban J connectivity index is 1.77. The van der Waals surface area contributed by atoms with E-state index in [4.69, 9.17) is 4.74 Å². The van der Waals surface area contributed by atoms with Crippen LogP contribution in [-0.4, -0.2) is 33.1 Å². The lowest BCUT2D eigenvalue weighted by Crippen LogP contribution is -2.12. The molecule has 0 atom stereocenters. The molecule has 8 heteroatoms. The van der Waals surface area contributed by atoms with Gasteiger partial charge in [-0.15, -0.1) is 0 Å². The first-order chi connectivity index (χ1) is 11.6. The second kappa shape index (κ2) is 6.63. The molecule has 3 aromatic rings. The summed E-state index contributed by atoms with van der Waals surface area (Å²) in [6.07, 6.45) is 3.24. The minimum absolute atomic E-state index is 0.124. The minimum Gasteiger partial charge on any atom is -0.457 e. The van der Waals surface area contributed by atoms with Gasteiger partial charge in [-0.3, -0.25) is 10.1 Å². The molecule has 0 radical (unpaired) electrons. The maximum Gasteiger partial charge on any atom is 0.350 e. The second-order valence-corrected chi connectivity index (χ2v) is 5.87. The zero-order valence-corrected chi connectivity index (χ0v) is 13.7. The molecule has 122 valence electrons. The number of fused-ring (bicyclic) bond motifs is 1. The Morgan fingerprint density at radius 3 is 3.04 bits per heavy atom. The van der Waals surface area contributed by atoms with Crippen molar-refractivity contribution in [3.63, 3.8) is 0 Å². The quantitative estimate of drug-likeness (QED) is 0.569. The third kappa shape index (κ3) is 3.18. The number of ether oxygens (including phenoxy) is 1. The summed E-state index contributed by atoms with van der Waals surface area (Å²) in [6, 6.07) is 7.22. The number of aryl methyl sites for hydroxylation is 1. The minimum atomic E-state index is -0.488. The van der Waals surface area contributed by atoms with Crippen LogP contribution in [0, 0.1) is 6.92 Å². The summed E-state index contributed by atoms with van der Waals surface area (Å²) in [5.41, 5.74) is 1.58. The first-order valence-corrected chi connectivity index (χ1v) is 7.91. The molecule has 0 spiro atoms. The lowest BCUT2D eigenvalue weighted by Gasteiger charge is -1.98. The molecule has 0 saturated heterocycles. The first kappa shape index (κ1) is 15.9. The van der Waals surface area contributed by atoms with Gasteiger partial charge in [0.2, 0.25) is 0 Å². The van der Waals surface area contributed by atoms with Crippen molar-refractivity contribution in [1.29, 1.82) is 0 Å². The summed E-state index contributed by atoms with van der Waals surface area (Å²) >= 11 is 1.06. The molecule has 0 aliphatic heterocycles. The third-order valence-electron chi connectivity index (χ3n) is 3.14. The number of esters is 1. The van der Waals surface area contributed by atoms with Crippen molar-refractivity contribution in [1.82, 2.24) is 14.6 Å². The molecule has 24 heavy (non-hydrogen) atoms. The molecule has 0 bridgehead atoms. The number of hydrogen-bond acceptors (Lipinski definition) is 6. The van der Waals surface area contributed by atoms with Crippen LogP contribution in [0.1, 0.15) is 25.9 Å². The molecule has 0 unspecified atom stereocenters. The van der Waals surface area contributed by atoms with E-state index in [0.717, 1.165) is 16.9 Å². The Kier molecular flexibility index (Phi) is 4.39. The zero-order chi connectivity index (χ0) is 17.1. The van der Waals surface area contributed by atoms with E-state index in [1.165, 1.54) is 6.08 Å². The number of hydrogen-bond donors (Lipinski definition) is 1. The van der Waals surface area contributed by atoms with E-state index in [0.29, 0.717) is 15.7 Å². The highest BCUT2D eigenvalue weighted by Crippen LogP contribution is 2.24. The van der Waals surface area contributed by atoms with Crippen LogP contribution in [0.15, 0.2) is 43.1 Å². The Hall–Kier alpha value is -3.00. The molecule has 1 N–H and O–H groups in total. The van der Waals surface area contributed by atoms with Gasteiger partial charge in [-0.1, -0.05) is 30.1 Å². The maximum absolute atomic E-state index is 12.3. The van der Waals surface area contributed by atoms with Gasteiger partial charge in [0.25, 0.3) is 5.91 Å². The smallest absolute Gasteiger partial charge is 0.350 e. The number of aromatic nitrogens is 3. The summed E-state index contributed by atoms with van der Waals surface area (Å²) in [4.78, 5) is 28.7. The lowest BCUT2D eigenvalue weighted by molar-refractivity contribution is 0.0554. The summed E-state index contributed by atoms with van der Waals surface area (Å²) in [5.74, 6) is -0.878. The number of carbonyl (C=O) groups excluding carboxylic acids is 2. The number of nitrogens with one attached hydrogen (secondary N) is 1. The number of rotatable bonds is 5. The van der Waals surface area contributed by atoms with Gasteiger partial charge in [0, 0.05) is 6.20 Å². The molecule has 3 rings (SSSR count). The molecule has 0 saturated carbocycles. The Labute approximate surface area is 141 Å². The van der Waals surface area contributed by atoms with Gasteiger partial charge in [-0.2, -0.15) is 5.10 Å². The standard InChI is InChI=1S/C16H14N4O3S/c1-3-8-23-15(22)13-10(2)17-16(24-13)18-14(21)12-9-11-6-4-5-7-20(11)19-12/h3-7,9H,1,8H2,2H3,(H,17,18,21). The van der Waals surface area contributed by atoms with E-state index in [9.17, 15) is 9.59 Å². The average molecular weight is 342 g/mol. The largest absolute Gasteiger partial charge is 0.457 e. The van der Waals surface area contributed by atoms with Crippen LogP contribution in [0.2, 0.25) is 0 Å². The molecule has 0 aliphatic carbocycles. The molecule has 0 fully saturated rings. The van der Waals surface area contributed by atoms with Gasteiger partial charge in [-0.25, -0.2) is 14.3 Å². The Bertz CT molecular complexity index is 895. The summed E-state index contributed by atoms with van der Waals surface area (Å²) in [5, 5.41) is 7.17. The van der Waals surface area contributed by atoms with Crippen molar-refractivity contribution in [3.8, 4) is 0 Å². The number of thiazole rings is 1. The van der Waals surface area contributed by atoms with E-state index in [1.54, 1.807) is 23.7 Å². The van der Waals surface area contributed by atoms with E-state index in [-0.39, 0.29) is 12.3 Å². The monoisotopic (exact) mass is 342 g/mol. The van der Waals surface area contributed by atoms with Crippen LogP contribution in [0.5, 0.6) is 0 Å². The molecule has 0 aliphatic rings. The third-order valence-corrected chi connectivity index (χ3v) is 4.19.